The lowest BCUT2D eigenvalue weighted by atomic mass is 9.75. The Morgan fingerprint density at radius 3 is 2.74 bits per heavy atom. The predicted molar refractivity (Wildman–Crippen MR) is 122 cm³/mol. The number of halogens is 2. The van der Waals surface area contributed by atoms with Gasteiger partial charge in [-0.1, -0.05) is 5.21 Å². The summed E-state index contributed by atoms with van der Waals surface area (Å²) in [7, 11) is 1.78. The van der Waals surface area contributed by atoms with Crippen LogP contribution >= 0.6 is 0 Å². The van der Waals surface area contributed by atoms with Crippen LogP contribution in [0.25, 0.3) is 27.9 Å². The van der Waals surface area contributed by atoms with Crippen molar-refractivity contribution in [2.24, 2.45) is 5.41 Å². The molecule has 1 aliphatic carbocycles. The zero-order chi connectivity index (χ0) is 23.9. The molecule has 10 nitrogen and oxygen atoms in total. The fourth-order valence-corrected chi connectivity index (χ4v) is 4.42. The van der Waals surface area contributed by atoms with Crippen LogP contribution < -0.4 is 10.6 Å². The lowest BCUT2D eigenvalue weighted by Crippen LogP contribution is -2.31. The summed E-state index contributed by atoms with van der Waals surface area (Å²) in [5.74, 6) is 1.10. The monoisotopic (exact) mass is 466 g/mol. The van der Waals surface area contributed by atoms with Gasteiger partial charge in [0.05, 0.1) is 17.2 Å². The summed E-state index contributed by atoms with van der Waals surface area (Å²) in [5, 5.41) is 28.2. The van der Waals surface area contributed by atoms with Crippen molar-refractivity contribution < 1.29 is 8.78 Å². The first kappa shape index (κ1) is 21.9. The Morgan fingerprint density at radius 2 is 2.03 bits per heavy atom. The molecule has 1 saturated carbocycles. The van der Waals surface area contributed by atoms with Gasteiger partial charge in [-0.3, -0.25) is 0 Å². The highest BCUT2D eigenvalue weighted by molar-refractivity contribution is 5.89. The van der Waals surface area contributed by atoms with Gasteiger partial charge in [-0.25, -0.2) is 23.0 Å². The quantitative estimate of drug-likeness (QED) is 0.441. The minimum atomic E-state index is -2.56. The van der Waals surface area contributed by atoms with Crippen molar-refractivity contribution in [3.05, 3.63) is 24.4 Å². The molecule has 5 rings (SSSR count). The standard InChI is InChI=1S/C22H24F2N10/c1-22(12-25)8-5-13(6-9-22)27-21-29-19(26-2)18-14(7-10-33(18)31-21)15-3-4-16-20(28-15)34(32-30-16)11-17(23)24/h3-4,7,10,13,17H,5-6,8-9,11H2,1-2H3,(H2,26,27,29,31). The summed E-state index contributed by atoms with van der Waals surface area (Å²) in [5.41, 5.74) is 2.53. The minimum absolute atomic E-state index is 0.199. The Bertz CT molecular complexity index is 1380. The van der Waals surface area contributed by atoms with Crippen LogP contribution in [0.1, 0.15) is 32.6 Å². The molecule has 12 heteroatoms. The molecule has 0 aromatic carbocycles. The molecule has 0 radical (unpaired) electrons. The van der Waals surface area contributed by atoms with E-state index in [9.17, 15) is 14.0 Å². The van der Waals surface area contributed by atoms with E-state index in [1.807, 2.05) is 19.2 Å². The number of nitrogens with zero attached hydrogens (tertiary/aromatic N) is 8. The third kappa shape index (κ3) is 3.98. The second-order valence-corrected chi connectivity index (χ2v) is 8.85. The van der Waals surface area contributed by atoms with Crippen LogP contribution in [0.15, 0.2) is 24.4 Å². The maximum Gasteiger partial charge on any atom is 0.258 e. The average Bonchev–Trinajstić information content (AvgIpc) is 3.44. The Labute approximate surface area is 194 Å². The summed E-state index contributed by atoms with van der Waals surface area (Å²) in [6.07, 6.45) is 2.68. The van der Waals surface area contributed by atoms with Crippen LogP contribution in [0, 0.1) is 16.7 Å². The first-order valence-corrected chi connectivity index (χ1v) is 11.1. The molecule has 1 fully saturated rings. The topological polar surface area (TPSA) is 122 Å². The fraction of sp³-hybridized carbons (Fsp3) is 0.455. The van der Waals surface area contributed by atoms with Crippen molar-refractivity contribution in [1.29, 1.82) is 5.26 Å². The van der Waals surface area contributed by atoms with E-state index in [0.717, 1.165) is 35.9 Å². The van der Waals surface area contributed by atoms with Crippen molar-refractivity contribution in [2.75, 3.05) is 17.7 Å². The third-order valence-corrected chi connectivity index (χ3v) is 6.39. The third-order valence-electron chi connectivity index (χ3n) is 6.39. The van der Waals surface area contributed by atoms with Crippen LogP contribution in [0.2, 0.25) is 0 Å². The summed E-state index contributed by atoms with van der Waals surface area (Å²) in [4.78, 5) is 9.22. The van der Waals surface area contributed by atoms with E-state index in [-0.39, 0.29) is 11.5 Å². The van der Waals surface area contributed by atoms with E-state index in [1.54, 1.807) is 23.7 Å². The molecular formula is C22H24F2N10. The van der Waals surface area contributed by atoms with E-state index >= 15 is 0 Å². The SMILES string of the molecule is CNc1nc(NC2CCC(C)(C#N)CC2)nn2ccc(-c3ccc4nnn(CC(F)F)c4n3)c12. The predicted octanol–water partition coefficient (Wildman–Crippen LogP) is 3.73. The van der Waals surface area contributed by atoms with Gasteiger partial charge in [0.25, 0.3) is 6.43 Å². The molecule has 0 atom stereocenters. The van der Waals surface area contributed by atoms with Crippen LogP contribution in [-0.4, -0.2) is 54.1 Å². The normalized spacial score (nSPS) is 20.6. The van der Waals surface area contributed by atoms with Crippen molar-refractivity contribution in [2.45, 2.75) is 51.6 Å². The number of anilines is 2. The van der Waals surface area contributed by atoms with Gasteiger partial charge in [0.15, 0.2) is 11.5 Å². The van der Waals surface area contributed by atoms with Crippen LogP contribution in [0.3, 0.4) is 0 Å². The number of pyridine rings is 1. The minimum Gasteiger partial charge on any atom is -0.371 e. The van der Waals surface area contributed by atoms with Crippen LogP contribution in [0.4, 0.5) is 20.5 Å². The summed E-state index contributed by atoms with van der Waals surface area (Å²) < 4.78 is 28.6. The molecule has 2 N–H and O–H groups in total. The molecule has 4 heterocycles. The van der Waals surface area contributed by atoms with Crippen molar-refractivity contribution in [1.82, 2.24) is 34.6 Å². The summed E-state index contributed by atoms with van der Waals surface area (Å²) in [6.45, 7) is 1.44. The highest BCUT2D eigenvalue weighted by atomic mass is 19.3. The molecule has 0 amide bonds. The molecule has 0 unspecified atom stereocenters. The van der Waals surface area contributed by atoms with E-state index in [4.69, 9.17) is 0 Å². The maximum atomic E-state index is 12.9. The van der Waals surface area contributed by atoms with Crippen molar-refractivity contribution >= 4 is 28.4 Å². The number of hydrogen-bond donors (Lipinski definition) is 2. The highest BCUT2D eigenvalue weighted by Crippen LogP contribution is 2.36. The first-order valence-electron chi connectivity index (χ1n) is 11.1. The second kappa shape index (κ2) is 8.48. The van der Waals surface area contributed by atoms with Gasteiger partial charge < -0.3 is 10.6 Å². The smallest absolute Gasteiger partial charge is 0.258 e. The first-order chi connectivity index (χ1) is 16.4. The summed E-state index contributed by atoms with van der Waals surface area (Å²) >= 11 is 0. The molecule has 4 aromatic heterocycles. The molecule has 0 spiro atoms. The molecule has 0 bridgehead atoms. The number of nitrogens with one attached hydrogen (secondary N) is 2. The molecule has 0 saturated heterocycles. The number of alkyl halides is 2. The number of aromatic nitrogens is 7. The molecule has 4 aromatic rings. The largest absolute Gasteiger partial charge is 0.371 e. The van der Waals surface area contributed by atoms with E-state index in [2.05, 4.69) is 42.1 Å². The zero-order valence-electron chi connectivity index (χ0n) is 18.8. The molecular weight excluding hydrogens is 442 g/mol. The lowest BCUT2D eigenvalue weighted by Gasteiger charge is -2.32. The second-order valence-electron chi connectivity index (χ2n) is 8.85. The van der Waals surface area contributed by atoms with Gasteiger partial charge in [0.1, 0.15) is 17.6 Å². The molecule has 176 valence electrons. The van der Waals surface area contributed by atoms with Gasteiger partial charge in [-0.15, -0.1) is 10.2 Å². The van der Waals surface area contributed by atoms with Gasteiger partial charge >= 0.3 is 0 Å². The molecule has 1 aliphatic rings. The van der Waals surface area contributed by atoms with E-state index < -0.39 is 13.0 Å². The molecule has 0 aliphatic heterocycles. The van der Waals surface area contributed by atoms with Crippen LogP contribution in [-0.2, 0) is 6.54 Å². The Balaban J connectivity index is 1.47. The van der Waals surface area contributed by atoms with Crippen molar-refractivity contribution in [3.8, 4) is 17.3 Å². The van der Waals surface area contributed by atoms with E-state index in [1.165, 1.54) is 0 Å². The number of rotatable bonds is 6. The highest BCUT2D eigenvalue weighted by Gasteiger charge is 2.31. The van der Waals surface area contributed by atoms with Crippen LogP contribution in [0.5, 0.6) is 0 Å². The van der Waals surface area contributed by atoms with Gasteiger partial charge in [-0.2, -0.15) is 10.2 Å². The van der Waals surface area contributed by atoms with Gasteiger partial charge in [-0.05, 0) is 50.8 Å². The lowest BCUT2D eigenvalue weighted by molar-refractivity contribution is 0.122. The Morgan fingerprint density at radius 1 is 1.24 bits per heavy atom. The fourth-order valence-electron chi connectivity index (χ4n) is 4.42. The molecule has 34 heavy (non-hydrogen) atoms. The number of fused-ring (bicyclic) bond motifs is 2. The number of nitriles is 1. The number of hydrogen-bond acceptors (Lipinski definition) is 8. The Hall–Kier alpha value is -3.88. The average molecular weight is 467 g/mol. The van der Waals surface area contributed by atoms with Crippen molar-refractivity contribution in [3.63, 3.8) is 0 Å². The van der Waals surface area contributed by atoms with Gasteiger partial charge in [0, 0.05) is 24.8 Å². The van der Waals surface area contributed by atoms with Gasteiger partial charge in [0.2, 0.25) is 5.95 Å². The maximum absolute atomic E-state index is 12.9. The Kier molecular flexibility index (Phi) is 5.47. The zero-order valence-corrected chi connectivity index (χ0v) is 18.8. The summed E-state index contributed by atoms with van der Waals surface area (Å²) in [6, 6.07) is 7.97. The van der Waals surface area contributed by atoms with E-state index in [0.29, 0.717) is 34.1 Å².